The number of pyridine rings is 2. The van der Waals surface area contributed by atoms with Gasteiger partial charge in [-0.15, -0.1) is 0 Å². The van der Waals surface area contributed by atoms with E-state index in [1.807, 2.05) is 0 Å². The Labute approximate surface area is 163 Å². The van der Waals surface area contributed by atoms with Crippen LogP contribution in [-0.4, -0.2) is 17.5 Å². The van der Waals surface area contributed by atoms with Crippen LogP contribution in [0.4, 0.5) is 0 Å². The molecule has 2 aromatic heterocycles. The van der Waals surface area contributed by atoms with Crippen LogP contribution >= 0.6 is 10.6 Å². The zero-order valence-electron chi connectivity index (χ0n) is 14.6. The molecule has 0 aliphatic carbocycles. The highest BCUT2D eigenvalue weighted by molar-refractivity contribution is 8.23. The van der Waals surface area contributed by atoms with E-state index in [1.165, 1.54) is 36.5 Å². The lowest BCUT2D eigenvalue weighted by Crippen LogP contribution is -2.33. The Kier molecular flexibility index (Phi) is 5.57. The van der Waals surface area contributed by atoms with Crippen molar-refractivity contribution >= 4 is 20.4 Å². The zero-order chi connectivity index (χ0) is 20.4. The molecule has 0 spiro atoms. The molecule has 3 rings (SSSR count). The van der Waals surface area contributed by atoms with E-state index in [0.717, 1.165) is 12.4 Å². The first kappa shape index (κ1) is 20.1. The van der Waals surface area contributed by atoms with Crippen LogP contribution in [0.3, 0.4) is 0 Å². The maximum Gasteiger partial charge on any atom is 0.308 e. The van der Waals surface area contributed by atoms with E-state index in [0.29, 0.717) is 20.6 Å². The predicted molar refractivity (Wildman–Crippen MR) is 103 cm³/mol. The highest BCUT2D eigenvalue weighted by atomic mass is 32.3. The second kappa shape index (κ2) is 7.76. The van der Waals surface area contributed by atoms with Gasteiger partial charge in [0.15, 0.2) is 12.4 Å². The lowest BCUT2D eigenvalue weighted by Gasteiger charge is -2.31. The molecule has 28 heavy (non-hydrogen) atoms. The van der Waals surface area contributed by atoms with Crippen LogP contribution in [-0.2, 0) is 21.3 Å². The van der Waals surface area contributed by atoms with E-state index in [9.17, 15) is 27.9 Å². The summed E-state index contributed by atoms with van der Waals surface area (Å²) in [6.07, 6.45) is 3.47. The minimum Gasteiger partial charge on any atom is -0.619 e. The van der Waals surface area contributed by atoms with Crippen LogP contribution in [0, 0.1) is 10.4 Å². The fourth-order valence-electron chi connectivity index (χ4n) is 2.62. The Morgan fingerprint density at radius 2 is 1.46 bits per heavy atom. The van der Waals surface area contributed by atoms with Crippen molar-refractivity contribution in [2.45, 2.75) is 21.4 Å². The smallest absolute Gasteiger partial charge is 0.308 e. The summed E-state index contributed by atoms with van der Waals surface area (Å²) in [5.41, 5.74) is 1.03. The minimum absolute atomic E-state index is 0.108. The SMILES string of the molecule is O=S(=O)(Cc1ccc(CS(O)(O)c2ccc[n+]([O-])c2)cc1)c1cccc[n+]1[O-]. The largest absolute Gasteiger partial charge is 0.619 e. The van der Waals surface area contributed by atoms with Crippen molar-refractivity contribution < 1.29 is 27.0 Å². The normalized spacial score (nSPS) is 12.6. The Hall–Kier alpha value is -2.66. The van der Waals surface area contributed by atoms with Crippen molar-refractivity contribution in [2.75, 3.05) is 0 Å². The number of hydrogen-bond acceptors (Lipinski definition) is 6. The molecule has 0 bridgehead atoms. The number of hydrogen-bond donors (Lipinski definition) is 2. The van der Waals surface area contributed by atoms with E-state index in [-0.39, 0.29) is 21.4 Å². The minimum atomic E-state index is -3.82. The Balaban J connectivity index is 1.76. The molecule has 0 radical (unpaired) electrons. The molecule has 0 saturated carbocycles. The van der Waals surface area contributed by atoms with E-state index >= 15 is 0 Å². The molecule has 10 heteroatoms. The van der Waals surface area contributed by atoms with Crippen LogP contribution < -0.4 is 9.46 Å². The molecule has 0 aliphatic rings. The highest BCUT2D eigenvalue weighted by Crippen LogP contribution is 2.50. The standard InChI is InChI=1S/C18H18N2O6S2/c21-19-10-3-4-17(12-19)27(23,24)13-15-6-8-16(9-7-15)14-28(25,26)18-5-1-2-11-20(18)22/h1-12,23-24H,13-14H2. The maximum absolute atomic E-state index is 12.4. The molecule has 0 saturated heterocycles. The predicted octanol–water partition coefficient (Wildman–Crippen LogP) is 2.24. The van der Waals surface area contributed by atoms with Crippen molar-refractivity contribution in [3.63, 3.8) is 0 Å². The summed E-state index contributed by atoms with van der Waals surface area (Å²) in [5.74, 6) is -0.464. The zero-order valence-corrected chi connectivity index (χ0v) is 16.2. The summed E-state index contributed by atoms with van der Waals surface area (Å²) in [5, 5.41) is 22.7. The van der Waals surface area contributed by atoms with Gasteiger partial charge in [-0.3, -0.25) is 9.11 Å². The van der Waals surface area contributed by atoms with Gasteiger partial charge in [-0.2, -0.15) is 20.1 Å². The number of sulfone groups is 1. The molecule has 8 nitrogen and oxygen atoms in total. The molecule has 2 heterocycles. The number of aromatic nitrogens is 2. The van der Waals surface area contributed by atoms with Gasteiger partial charge >= 0.3 is 5.03 Å². The van der Waals surface area contributed by atoms with Gasteiger partial charge in [0.2, 0.25) is 16.0 Å². The molecule has 0 fully saturated rings. The molecule has 1 aromatic carbocycles. The quantitative estimate of drug-likeness (QED) is 0.463. The molecule has 0 atom stereocenters. The van der Waals surface area contributed by atoms with Crippen molar-refractivity contribution in [1.29, 1.82) is 0 Å². The first-order chi connectivity index (χ1) is 13.2. The molecule has 0 unspecified atom stereocenters. The van der Waals surface area contributed by atoms with E-state index in [1.54, 1.807) is 24.3 Å². The Morgan fingerprint density at radius 3 is 2.07 bits per heavy atom. The van der Waals surface area contributed by atoms with Gasteiger partial charge in [-0.25, -0.2) is 8.42 Å². The first-order valence-electron chi connectivity index (χ1n) is 8.11. The van der Waals surface area contributed by atoms with Gasteiger partial charge in [0.1, 0.15) is 4.90 Å². The molecule has 2 N–H and O–H groups in total. The van der Waals surface area contributed by atoms with Crippen molar-refractivity contribution in [1.82, 2.24) is 0 Å². The number of rotatable bonds is 6. The lowest BCUT2D eigenvalue weighted by atomic mass is 10.2. The molecule has 3 aromatic rings. The van der Waals surface area contributed by atoms with Crippen molar-refractivity contribution in [3.05, 3.63) is 94.7 Å². The monoisotopic (exact) mass is 422 g/mol. The fraction of sp³-hybridized carbons (Fsp3) is 0.111. The van der Waals surface area contributed by atoms with Gasteiger partial charge in [-0.1, -0.05) is 24.3 Å². The summed E-state index contributed by atoms with van der Waals surface area (Å²) in [4.78, 5) is 0.126. The fourth-order valence-corrected chi connectivity index (χ4v) is 5.42. The van der Waals surface area contributed by atoms with Crippen molar-refractivity contribution in [3.8, 4) is 0 Å². The summed E-state index contributed by atoms with van der Waals surface area (Å²) in [7, 11) is -7.04. The van der Waals surface area contributed by atoms with Crippen LogP contribution in [0.15, 0.2) is 83.1 Å². The van der Waals surface area contributed by atoms with Crippen LogP contribution in [0.5, 0.6) is 0 Å². The Bertz CT molecular complexity index is 1090. The van der Waals surface area contributed by atoms with Crippen LogP contribution in [0.2, 0.25) is 0 Å². The van der Waals surface area contributed by atoms with Crippen LogP contribution in [0.25, 0.3) is 0 Å². The first-order valence-corrected chi connectivity index (χ1v) is 11.5. The summed E-state index contributed by atoms with van der Waals surface area (Å²) >= 11 is 0. The number of benzene rings is 1. The lowest BCUT2D eigenvalue weighted by molar-refractivity contribution is -0.646. The molecule has 0 aliphatic heterocycles. The average molecular weight is 422 g/mol. The Morgan fingerprint density at radius 1 is 0.821 bits per heavy atom. The topological polar surface area (TPSA) is 128 Å². The van der Waals surface area contributed by atoms with Gasteiger partial charge < -0.3 is 10.4 Å². The van der Waals surface area contributed by atoms with Gasteiger partial charge in [0.05, 0.1) is 11.5 Å². The van der Waals surface area contributed by atoms with E-state index in [4.69, 9.17) is 0 Å². The van der Waals surface area contributed by atoms with E-state index in [2.05, 4.69) is 0 Å². The number of nitrogens with zero attached hydrogens (tertiary/aromatic N) is 2. The van der Waals surface area contributed by atoms with E-state index < -0.39 is 20.4 Å². The van der Waals surface area contributed by atoms with Crippen LogP contribution in [0.1, 0.15) is 11.1 Å². The third-order valence-corrected chi connectivity index (χ3v) is 7.38. The summed E-state index contributed by atoms with van der Waals surface area (Å²) < 4.78 is 46.3. The van der Waals surface area contributed by atoms with Gasteiger partial charge in [0.25, 0.3) is 0 Å². The second-order valence-corrected chi connectivity index (χ2v) is 10.2. The molecule has 0 amide bonds. The highest BCUT2D eigenvalue weighted by Gasteiger charge is 2.24. The second-order valence-electron chi connectivity index (χ2n) is 6.15. The molecule has 148 valence electrons. The maximum atomic E-state index is 12.4. The summed E-state index contributed by atoms with van der Waals surface area (Å²) in [6, 6.07) is 13.3. The molecular formula is C18H18N2O6S2. The third-order valence-electron chi connectivity index (χ3n) is 3.98. The molecular weight excluding hydrogens is 404 g/mol. The summed E-state index contributed by atoms with van der Waals surface area (Å²) in [6.45, 7) is 0. The average Bonchev–Trinajstić information content (AvgIpc) is 2.63. The van der Waals surface area contributed by atoms with Gasteiger partial charge in [-0.05, 0) is 23.3 Å². The van der Waals surface area contributed by atoms with Gasteiger partial charge in [0, 0.05) is 18.2 Å². The third kappa shape index (κ3) is 4.60. The van der Waals surface area contributed by atoms with Crippen molar-refractivity contribution in [2.24, 2.45) is 0 Å².